The highest BCUT2D eigenvalue weighted by molar-refractivity contribution is 6.06. The zero-order valence-corrected chi connectivity index (χ0v) is 26.0. The molecule has 0 bridgehead atoms. The number of anilines is 2. The fourth-order valence-corrected chi connectivity index (χ4v) is 6.66. The van der Waals surface area contributed by atoms with Crippen LogP contribution in [-0.2, 0) is 10.2 Å². The molecule has 1 aliphatic carbocycles. The smallest absolute Gasteiger partial charge is 0.324 e. The van der Waals surface area contributed by atoms with Crippen molar-refractivity contribution >= 4 is 28.3 Å². The Kier molecular flexibility index (Phi) is 8.55. The van der Waals surface area contributed by atoms with Crippen LogP contribution in [0.4, 0.5) is 16.3 Å². The molecule has 1 aromatic heterocycles. The zero-order valence-electron chi connectivity index (χ0n) is 26.0. The van der Waals surface area contributed by atoms with Gasteiger partial charge in [0.25, 0.3) is 0 Å². The lowest BCUT2D eigenvalue weighted by molar-refractivity contribution is 0.0271. The number of carbonyl (C=O) groups excluding carboxylic acids is 1. The van der Waals surface area contributed by atoms with Gasteiger partial charge in [-0.3, -0.25) is 10.2 Å². The summed E-state index contributed by atoms with van der Waals surface area (Å²) in [5.41, 5.74) is 5.06. The average Bonchev–Trinajstić information content (AvgIpc) is 3.43. The molecule has 7 heteroatoms. The van der Waals surface area contributed by atoms with Crippen LogP contribution in [0.3, 0.4) is 0 Å². The van der Waals surface area contributed by atoms with Gasteiger partial charge in [0.05, 0.1) is 30.3 Å². The molecule has 2 atom stereocenters. The van der Waals surface area contributed by atoms with E-state index in [0.717, 1.165) is 54.7 Å². The molecule has 6 rings (SSSR count). The molecule has 4 aromatic rings. The lowest BCUT2D eigenvalue weighted by atomic mass is 9.76. The Bertz CT molecular complexity index is 1560. The Morgan fingerprint density at radius 3 is 2.44 bits per heavy atom. The maximum atomic E-state index is 13.5. The number of fused-ring (bicyclic) bond motifs is 1. The van der Waals surface area contributed by atoms with Crippen molar-refractivity contribution in [2.75, 3.05) is 43.5 Å². The van der Waals surface area contributed by atoms with Gasteiger partial charge in [0.2, 0.25) is 0 Å². The number of amides is 2. The summed E-state index contributed by atoms with van der Waals surface area (Å²) in [5.74, 6) is 1.89. The number of morpholine rings is 1. The van der Waals surface area contributed by atoms with Crippen molar-refractivity contribution in [3.8, 4) is 5.69 Å². The lowest BCUT2D eigenvalue weighted by Crippen LogP contribution is -2.40. The van der Waals surface area contributed by atoms with Crippen LogP contribution in [0, 0.1) is 12.8 Å². The minimum absolute atomic E-state index is 0.158. The first-order chi connectivity index (χ1) is 20.7. The summed E-state index contributed by atoms with van der Waals surface area (Å²) in [6.45, 7) is 13.4. The van der Waals surface area contributed by atoms with Crippen LogP contribution in [0.5, 0.6) is 0 Å². The average molecular weight is 580 g/mol. The molecule has 2 unspecified atom stereocenters. The predicted molar refractivity (Wildman–Crippen MR) is 176 cm³/mol. The Hall–Kier alpha value is -3.68. The second kappa shape index (κ2) is 12.5. The molecule has 3 aromatic carbocycles. The first-order valence-corrected chi connectivity index (χ1v) is 15.8. The van der Waals surface area contributed by atoms with E-state index in [9.17, 15) is 4.79 Å². The normalized spacial score (nSPS) is 19.8. The highest BCUT2D eigenvalue weighted by Gasteiger charge is 2.27. The third-order valence-electron chi connectivity index (χ3n) is 9.05. The van der Waals surface area contributed by atoms with Crippen molar-refractivity contribution < 1.29 is 9.53 Å². The molecule has 2 heterocycles. The Morgan fingerprint density at radius 1 is 0.953 bits per heavy atom. The summed E-state index contributed by atoms with van der Waals surface area (Å²) >= 11 is 0. The van der Waals surface area contributed by atoms with Crippen LogP contribution in [0.15, 0.2) is 66.7 Å². The van der Waals surface area contributed by atoms with Gasteiger partial charge in [0.1, 0.15) is 5.82 Å². The van der Waals surface area contributed by atoms with Crippen LogP contribution >= 0.6 is 0 Å². The van der Waals surface area contributed by atoms with Gasteiger partial charge in [-0.25, -0.2) is 9.48 Å². The maximum absolute atomic E-state index is 13.5. The van der Waals surface area contributed by atoms with Crippen LogP contribution in [0.2, 0.25) is 0 Å². The molecule has 0 spiro atoms. The summed E-state index contributed by atoms with van der Waals surface area (Å²) < 4.78 is 7.38. The number of nitrogens with one attached hydrogen (secondary N) is 2. The van der Waals surface area contributed by atoms with E-state index in [2.05, 4.69) is 91.8 Å². The van der Waals surface area contributed by atoms with E-state index in [1.165, 1.54) is 48.7 Å². The number of ether oxygens (including phenoxy) is 1. The van der Waals surface area contributed by atoms with E-state index in [1.807, 2.05) is 22.9 Å². The number of urea groups is 1. The topological polar surface area (TPSA) is 71.4 Å². The Morgan fingerprint density at radius 2 is 1.70 bits per heavy atom. The third kappa shape index (κ3) is 6.78. The third-order valence-corrected chi connectivity index (χ3v) is 9.05. The van der Waals surface area contributed by atoms with Crippen molar-refractivity contribution in [2.45, 2.75) is 64.7 Å². The van der Waals surface area contributed by atoms with Gasteiger partial charge < -0.3 is 10.1 Å². The van der Waals surface area contributed by atoms with Crippen LogP contribution in [0.25, 0.3) is 16.5 Å². The van der Waals surface area contributed by atoms with Crippen LogP contribution in [-0.4, -0.2) is 53.6 Å². The summed E-state index contributed by atoms with van der Waals surface area (Å²) in [7, 11) is 0. The fraction of sp³-hybridized carbons (Fsp3) is 0.444. The predicted octanol–water partition coefficient (Wildman–Crippen LogP) is 7.88. The Labute approximate surface area is 255 Å². The highest BCUT2D eigenvalue weighted by Crippen LogP contribution is 2.41. The summed E-state index contributed by atoms with van der Waals surface area (Å²) in [6, 6.07) is 22.7. The van der Waals surface area contributed by atoms with Crippen molar-refractivity contribution in [2.24, 2.45) is 5.92 Å². The van der Waals surface area contributed by atoms with E-state index in [0.29, 0.717) is 11.7 Å². The molecule has 226 valence electrons. The summed E-state index contributed by atoms with van der Waals surface area (Å²) in [5, 5.41) is 13.4. The second-order valence-electron chi connectivity index (χ2n) is 13.4. The van der Waals surface area contributed by atoms with Crippen LogP contribution < -0.4 is 10.6 Å². The van der Waals surface area contributed by atoms with Gasteiger partial charge in [0, 0.05) is 36.5 Å². The van der Waals surface area contributed by atoms with Crippen LogP contribution in [0.1, 0.15) is 69.2 Å². The minimum atomic E-state index is -0.283. The molecule has 1 saturated heterocycles. The lowest BCUT2D eigenvalue weighted by Gasteiger charge is -2.35. The molecule has 2 fully saturated rings. The minimum Gasteiger partial charge on any atom is -0.379 e. The first kappa shape index (κ1) is 29.4. The molecule has 1 aliphatic heterocycles. The molecule has 2 aliphatic rings. The van der Waals surface area contributed by atoms with E-state index in [-0.39, 0.29) is 11.4 Å². The Balaban J connectivity index is 1.21. The van der Waals surface area contributed by atoms with Gasteiger partial charge >= 0.3 is 6.03 Å². The molecule has 0 radical (unpaired) electrons. The quantitative estimate of drug-likeness (QED) is 0.244. The summed E-state index contributed by atoms with van der Waals surface area (Å²) in [4.78, 5) is 16.0. The number of benzene rings is 3. The number of hydrogen-bond acceptors (Lipinski definition) is 4. The molecule has 2 N–H and O–H groups in total. The molecule has 1 saturated carbocycles. The fourth-order valence-electron chi connectivity index (χ4n) is 6.66. The van der Waals surface area contributed by atoms with E-state index >= 15 is 0 Å². The molecular formula is C36H45N5O2. The number of aryl methyl sites for hydroxylation is 1. The van der Waals surface area contributed by atoms with Crippen molar-refractivity contribution in [1.29, 1.82) is 0 Å². The van der Waals surface area contributed by atoms with Gasteiger partial charge in [-0.1, -0.05) is 75.2 Å². The number of hydrogen-bond donors (Lipinski definition) is 2. The van der Waals surface area contributed by atoms with E-state index in [4.69, 9.17) is 9.84 Å². The van der Waals surface area contributed by atoms with Crippen molar-refractivity contribution in [3.05, 3.63) is 83.6 Å². The van der Waals surface area contributed by atoms with Gasteiger partial charge in [-0.15, -0.1) is 0 Å². The zero-order chi connectivity index (χ0) is 30.0. The molecule has 43 heavy (non-hydrogen) atoms. The number of rotatable bonds is 6. The second-order valence-corrected chi connectivity index (χ2v) is 13.4. The van der Waals surface area contributed by atoms with E-state index in [1.54, 1.807) is 0 Å². The number of aromatic nitrogens is 2. The maximum Gasteiger partial charge on any atom is 0.324 e. The first-order valence-electron chi connectivity index (χ1n) is 15.8. The number of carbonyl (C=O) groups is 1. The van der Waals surface area contributed by atoms with E-state index < -0.39 is 0 Å². The standard InChI is InChI=1S/C36H45N5O2/c1-25-12-14-28(15-13-25)41-34(23-33(39-41)36(2,3)4)38-35(42)37-32-17-16-29(30-10-5-6-11-31(30)32)27-9-7-8-26(22-27)24-40-18-20-43-21-19-40/h5-6,10-17,23,26-27H,7-9,18-22,24H2,1-4H3,(H2,37,38,42). The molecular weight excluding hydrogens is 534 g/mol. The van der Waals surface area contributed by atoms with Gasteiger partial charge in [-0.2, -0.15) is 5.10 Å². The highest BCUT2D eigenvalue weighted by atomic mass is 16.5. The van der Waals surface area contributed by atoms with Gasteiger partial charge in [0.15, 0.2) is 0 Å². The van der Waals surface area contributed by atoms with Crippen molar-refractivity contribution in [1.82, 2.24) is 14.7 Å². The number of nitrogens with zero attached hydrogens (tertiary/aromatic N) is 3. The summed E-state index contributed by atoms with van der Waals surface area (Å²) in [6.07, 6.45) is 5.01. The largest absolute Gasteiger partial charge is 0.379 e. The monoisotopic (exact) mass is 579 g/mol. The molecule has 2 amide bonds. The van der Waals surface area contributed by atoms with Gasteiger partial charge in [-0.05, 0) is 67.2 Å². The SMILES string of the molecule is Cc1ccc(-n2nc(C(C)(C)C)cc2NC(=O)Nc2ccc(C3CCCC(CN4CCOCC4)C3)c3ccccc23)cc1. The molecule has 7 nitrogen and oxygen atoms in total. The van der Waals surface area contributed by atoms with Crippen molar-refractivity contribution in [3.63, 3.8) is 0 Å².